The van der Waals surface area contributed by atoms with Crippen LogP contribution in [0.5, 0.6) is 5.75 Å². The molecular weight excluding hydrogens is 397 g/mol. The van der Waals surface area contributed by atoms with Gasteiger partial charge < -0.3 is 15.3 Å². The van der Waals surface area contributed by atoms with Gasteiger partial charge in [-0.25, -0.2) is 14.1 Å². The molecule has 4 rings (SSSR count). The van der Waals surface area contributed by atoms with Crippen molar-refractivity contribution in [1.82, 2.24) is 30.3 Å². The van der Waals surface area contributed by atoms with Crippen molar-refractivity contribution in [3.63, 3.8) is 0 Å². The second-order valence-corrected chi connectivity index (χ2v) is 7.20. The van der Waals surface area contributed by atoms with Gasteiger partial charge in [0.05, 0.1) is 24.3 Å². The minimum atomic E-state index is -0.443. The van der Waals surface area contributed by atoms with E-state index in [1.807, 2.05) is 0 Å². The van der Waals surface area contributed by atoms with Crippen LogP contribution in [0.1, 0.15) is 20.3 Å². The zero-order valence-corrected chi connectivity index (χ0v) is 17.0. The van der Waals surface area contributed by atoms with E-state index >= 15 is 0 Å². The van der Waals surface area contributed by atoms with E-state index in [1.54, 1.807) is 18.3 Å². The summed E-state index contributed by atoms with van der Waals surface area (Å²) in [6, 6.07) is 5.77. The van der Waals surface area contributed by atoms with Gasteiger partial charge in [0, 0.05) is 36.8 Å². The van der Waals surface area contributed by atoms with Crippen molar-refractivity contribution in [2.45, 2.75) is 32.4 Å². The van der Waals surface area contributed by atoms with Crippen LogP contribution in [0.25, 0.3) is 16.9 Å². The van der Waals surface area contributed by atoms with Gasteiger partial charge >= 0.3 is 0 Å². The van der Waals surface area contributed by atoms with Gasteiger partial charge in [-0.1, -0.05) is 13.8 Å². The Labute approximate surface area is 174 Å². The molecule has 8 nitrogen and oxygen atoms in total. The lowest BCUT2D eigenvalue weighted by atomic mass is 10.1. The lowest BCUT2D eigenvalue weighted by Crippen LogP contribution is -2.37. The second-order valence-electron chi connectivity index (χ2n) is 7.20. The van der Waals surface area contributed by atoms with Crippen molar-refractivity contribution in [3.05, 3.63) is 42.6 Å². The molecule has 1 saturated heterocycles. The highest BCUT2D eigenvalue weighted by Crippen LogP contribution is 2.29. The quantitative estimate of drug-likeness (QED) is 0.656. The first-order chi connectivity index (χ1) is 13.5. The maximum absolute atomic E-state index is 13.1. The van der Waals surface area contributed by atoms with Crippen LogP contribution in [0.15, 0.2) is 36.8 Å². The number of nitrogens with one attached hydrogen (secondary N) is 1. The normalized spacial score (nSPS) is 16.3. The Bertz CT molecular complexity index is 963. The molecule has 1 aliphatic heterocycles. The van der Waals surface area contributed by atoms with E-state index in [9.17, 15) is 9.50 Å². The zero-order chi connectivity index (χ0) is 19.7. The van der Waals surface area contributed by atoms with Crippen molar-refractivity contribution in [2.24, 2.45) is 0 Å². The van der Waals surface area contributed by atoms with Gasteiger partial charge in [0.25, 0.3) is 0 Å². The summed E-state index contributed by atoms with van der Waals surface area (Å²) in [5, 5.41) is 26.2. The van der Waals surface area contributed by atoms with Crippen LogP contribution in [0.4, 0.5) is 10.3 Å². The van der Waals surface area contributed by atoms with Crippen LogP contribution >= 0.6 is 12.4 Å². The fraction of sp³-hybridized carbons (Fsp3) is 0.368. The van der Waals surface area contributed by atoms with E-state index in [1.165, 1.54) is 16.9 Å². The van der Waals surface area contributed by atoms with Crippen molar-refractivity contribution in [3.8, 4) is 22.7 Å². The Balaban J connectivity index is 0.00000240. The first kappa shape index (κ1) is 20.9. The number of phenols is 1. The van der Waals surface area contributed by atoms with E-state index in [4.69, 9.17) is 0 Å². The first-order valence-electron chi connectivity index (χ1n) is 9.24. The summed E-state index contributed by atoms with van der Waals surface area (Å²) >= 11 is 0. The number of aromatic hydroxyl groups is 1. The SMILES string of the molecule is CC(C)NC1CCN(c2ncc(-c3ccc(-n4cc(F)cn4)cc3O)nn2)C1.Cl. The number of halogens is 2. The summed E-state index contributed by atoms with van der Waals surface area (Å²) in [7, 11) is 0. The average molecular weight is 420 g/mol. The summed E-state index contributed by atoms with van der Waals surface area (Å²) < 4.78 is 14.5. The van der Waals surface area contributed by atoms with E-state index in [2.05, 4.69) is 44.3 Å². The van der Waals surface area contributed by atoms with Gasteiger partial charge in [0.2, 0.25) is 5.95 Å². The van der Waals surface area contributed by atoms with Crippen LogP contribution in [-0.4, -0.2) is 55.2 Å². The standard InChI is InChI=1S/C19H22FN7O.ClH/c1-12(2)23-14-5-6-26(11-14)19-21-9-17(24-25-19)16-4-3-15(7-18(16)28)27-10-13(20)8-22-27;/h3-4,7-10,12,14,23,28H,5-6,11H2,1-2H3;1H. The number of rotatable bonds is 5. The van der Waals surface area contributed by atoms with E-state index < -0.39 is 5.82 Å². The highest BCUT2D eigenvalue weighted by atomic mass is 35.5. The largest absolute Gasteiger partial charge is 0.507 e. The first-order valence-corrected chi connectivity index (χ1v) is 9.24. The van der Waals surface area contributed by atoms with E-state index in [-0.39, 0.29) is 18.2 Å². The summed E-state index contributed by atoms with van der Waals surface area (Å²) in [5.74, 6) is 0.140. The highest BCUT2D eigenvalue weighted by Gasteiger charge is 2.25. The van der Waals surface area contributed by atoms with Gasteiger partial charge in [0.1, 0.15) is 11.4 Å². The molecule has 0 saturated carbocycles. The number of aromatic nitrogens is 5. The smallest absolute Gasteiger partial charge is 0.245 e. The Kier molecular flexibility index (Phi) is 6.29. The van der Waals surface area contributed by atoms with Crippen molar-refractivity contribution >= 4 is 18.4 Å². The molecule has 2 aromatic heterocycles. The van der Waals surface area contributed by atoms with Crippen molar-refractivity contribution in [2.75, 3.05) is 18.0 Å². The number of nitrogens with zero attached hydrogens (tertiary/aromatic N) is 6. The van der Waals surface area contributed by atoms with E-state index in [0.717, 1.165) is 25.7 Å². The van der Waals surface area contributed by atoms with Gasteiger partial charge in [-0.05, 0) is 18.6 Å². The minimum absolute atomic E-state index is 0. The summed E-state index contributed by atoms with van der Waals surface area (Å²) in [6.45, 7) is 6.00. The van der Waals surface area contributed by atoms with Gasteiger partial charge in [-0.15, -0.1) is 22.6 Å². The second kappa shape index (κ2) is 8.71. The molecular formula is C19H23ClFN7O. The van der Waals surface area contributed by atoms with Crippen LogP contribution < -0.4 is 10.2 Å². The maximum Gasteiger partial charge on any atom is 0.245 e. The van der Waals surface area contributed by atoms with Crippen LogP contribution in [-0.2, 0) is 0 Å². The van der Waals surface area contributed by atoms with Crippen LogP contribution in [0.2, 0.25) is 0 Å². The van der Waals surface area contributed by atoms with Crippen molar-refractivity contribution < 1.29 is 9.50 Å². The Morgan fingerprint density at radius 3 is 2.69 bits per heavy atom. The third-order valence-electron chi connectivity index (χ3n) is 4.66. The number of hydrogen-bond donors (Lipinski definition) is 2. The number of hydrogen-bond acceptors (Lipinski definition) is 7. The number of anilines is 1. The molecule has 1 atom stereocenters. The van der Waals surface area contributed by atoms with E-state index in [0.29, 0.717) is 35.0 Å². The molecule has 1 aromatic carbocycles. The third-order valence-corrected chi connectivity index (χ3v) is 4.66. The Morgan fingerprint density at radius 1 is 1.24 bits per heavy atom. The van der Waals surface area contributed by atoms with Crippen molar-refractivity contribution in [1.29, 1.82) is 0 Å². The summed E-state index contributed by atoms with van der Waals surface area (Å²) in [5.41, 5.74) is 1.52. The Morgan fingerprint density at radius 2 is 2.07 bits per heavy atom. The maximum atomic E-state index is 13.1. The molecule has 1 unspecified atom stereocenters. The molecule has 3 aromatic rings. The Hall–Kier alpha value is -2.78. The third kappa shape index (κ3) is 4.63. The average Bonchev–Trinajstić information content (AvgIpc) is 3.30. The van der Waals surface area contributed by atoms with Gasteiger partial charge in [-0.3, -0.25) is 0 Å². The molecule has 0 spiro atoms. The molecule has 0 radical (unpaired) electrons. The van der Waals surface area contributed by atoms with Gasteiger partial charge in [-0.2, -0.15) is 5.10 Å². The predicted molar refractivity (Wildman–Crippen MR) is 110 cm³/mol. The van der Waals surface area contributed by atoms with Crippen LogP contribution in [0.3, 0.4) is 0 Å². The molecule has 10 heteroatoms. The molecule has 1 aliphatic rings. The summed E-state index contributed by atoms with van der Waals surface area (Å²) in [4.78, 5) is 6.53. The molecule has 0 bridgehead atoms. The molecule has 29 heavy (non-hydrogen) atoms. The predicted octanol–water partition coefficient (Wildman–Crippen LogP) is 2.57. The minimum Gasteiger partial charge on any atom is -0.507 e. The topological polar surface area (TPSA) is 92.0 Å². The molecule has 1 fully saturated rings. The molecule has 0 amide bonds. The number of benzene rings is 1. The molecule has 0 aliphatic carbocycles. The number of phenolic OH excluding ortho intramolecular Hbond substituents is 1. The highest BCUT2D eigenvalue weighted by molar-refractivity contribution is 5.85. The zero-order valence-electron chi connectivity index (χ0n) is 16.2. The fourth-order valence-electron chi connectivity index (χ4n) is 3.41. The molecule has 154 valence electrons. The monoisotopic (exact) mass is 419 g/mol. The summed E-state index contributed by atoms with van der Waals surface area (Å²) in [6.07, 6.45) is 4.99. The molecule has 3 heterocycles. The van der Waals surface area contributed by atoms with Crippen LogP contribution in [0, 0.1) is 5.82 Å². The fourth-order valence-corrected chi connectivity index (χ4v) is 3.41. The lowest BCUT2D eigenvalue weighted by Gasteiger charge is -2.18. The van der Waals surface area contributed by atoms with Gasteiger partial charge in [0.15, 0.2) is 5.82 Å². The molecule has 2 N–H and O–H groups in total. The lowest BCUT2D eigenvalue weighted by molar-refractivity contribution is 0.476.